The monoisotopic (exact) mass is 348 g/mol. The van der Waals surface area contributed by atoms with E-state index >= 15 is 0 Å². The summed E-state index contributed by atoms with van der Waals surface area (Å²) in [4.78, 5) is 21.0. The number of nitrogens with one attached hydrogen (secondary N) is 1. The van der Waals surface area contributed by atoms with Gasteiger partial charge in [-0.2, -0.15) is 0 Å². The van der Waals surface area contributed by atoms with Crippen molar-refractivity contribution in [1.29, 1.82) is 0 Å². The third-order valence-corrected chi connectivity index (χ3v) is 4.50. The van der Waals surface area contributed by atoms with Crippen LogP contribution in [0.4, 0.5) is 17.2 Å². The van der Waals surface area contributed by atoms with E-state index in [9.17, 15) is 4.79 Å². The Morgan fingerprint density at radius 1 is 0.885 bits per heavy atom. The van der Waals surface area contributed by atoms with Crippen molar-refractivity contribution in [3.63, 3.8) is 0 Å². The summed E-state index contributed by atoms with van der Waals surface area (Å²) in [5.74, 6) is 0.484. The van der Waals surface area contributed by atoms with Crippen molar-refractivity contribution < 1.29 is 9.21 Å². The molecule has 6 nitrogen and oxygen atoms in total. The maximum Gasteiger partial charge on any atom is 0.292 e. The molecule has 0 bridgehead atoms. The number of hydrogen-bond acceptors (Lipinski definition) is 5. The molecule has 0 aliphatic carbocycles. The van der Waals surface area contributed by atoms with Gasteiger partial charge in [0.2, 0.25) is 0 Å². The number of nitrogens with zero attached hydrogens (tertiary/aromatic N) is 3. The van der Waals surface area contributed by atoms with E-state index in [-0.39, 0.29) is 11.7 Å². The Labute approximate surface area is 152 Å². The van der Waals surface area contributed by atoms with Gasteiger partial charge in [-0.15, -0.1) is 0 Å². The number of carbonyl (C=O) groups is 1. The lowest BCUT2D eigenvalue weighted by molar-refractivity contribution is 0.0996. The maximum absolute atomic E-state index is 12.0. The molecule has 1 aliphatic heterocycles. The highest BCUT2D eigenvalue weighted by Crippen LogP contribution is 2.20. The van der Waals surface area contributed by atoms with Crippen molar-refractivity contribution in [2.75, 3.05) is 41.3 Å². The first-order valence-electron chi connectivity index (χ1n) is 8.65. The normalized spacial score (nSPS) is 14.3. The number of pyridine rings is 1. The summed E-state index contributed by atoms with van der Waals surface area (Å²) in [6.07, 6.45) is 3.27. The summed E-state index contributed by atoms with van der Waals surface area (Å²) >= 11 is 0. The zero-order valence-electron chi connectivity index (χ0n) is 14.3. The first-order valence-corrected chi connectivity index (χ1v) is 8.65. The van der Waals surface area contributed by atoms with E-state index < -0.39 is 0 Å². The highest BCUT2D eigenvalue weighted by Gasteiger charge is 2.18. The van der Waals surface area contributed by atoms with Crippen LogP contribution < -0.4 is 15.1 Å². The lowest BCUT2D eigenvalue weighted by atomic mass is 10.2. The standard InChI is InChI=1S/C20H20N4O2/c25-20(18-7-4-14-26-18)22-19-9-8-17(15-21-19)24-12-10-23(11-13-24)16-5-2-1-3-6-16/h1-9,14-15H,10-13H2,(H,21,22,25). The molecular weight excluding hydrogens is 328 g/mol. The molecule has 0 saturated carbocycles. The van der Waals surface area contributed by atoms with Crippen LogP contribution in [-0.2, 0) is 0 Å². The summed E-state index contributed by atoms with van der Waals surface area (Å²) in [5.41, 5.74) is 2.33. The van der Waals surface area contributed by atoms with Crippen LogP contribution in [0.1, 0.15) is 10.6 Å². The van der Waals surface area contributed by atoms with Crippen molar-refractivity contribution in [2.24, 2.45) is 0 Å². The highest BCUT2D eigenvalue weighted by molar-refractivity contribution is 6.01. The number of carbonyl (C=O) groups excluding carboxylic acids is 1. The predicted molar refractivity (Wildman–Crippen MR) is 102 cm³/mol. The lowest BCUT2D eigenvalue weighted by Gasteiger charge is -2.37. The molecule has 3 aromatic rings. The fourth-order valence-electron chi connectivity index (χ4n) is 3.09. The zero-order chi connectivity index (χ0) is 17.8. The zero-order valence-corrected chi connectivity index (χ0v) is 14.3. The van der Waals surface area contributed by atoms with Gasteiger partial charge in [0.25, 0.3) is 5.91 Å². The fourth-order valence-corrected chi connectivity index (χ4v) is 3.09. The van der Waals surface area contributed by atoms with Gasteiger partial charge in [0.05, 0.1) is 18.1 Å². The van der Waals surface area contributed by atoms with Crippen LogP contribution >= 0.6 is 0 Å². The number of aromatic nitrogens is 1. The van der Waals surface area contributed by atoms with E-state index in [2.05, 4.69) is 44.4 Å². The van der Waals surface area contributed by atoms with E-state index in [1.54, 1.807) is 18.3 Å². The number of piperazine rings is 1. The third-order valence-electron chi connectivity index (χ3n) is 4.50. The van der Waals surface area contributed by atoms with E-state index in [0.717, 1.165) is 31.9 Å². The molecule has 1 N–H and O–H groups in total. The number of amides is 1. The van der Waals surface area contributed by atoms with Gasteiger partial charge >= 0.3 is 0 Å². The van der Waals surface area contributed by atoms with Crippen LogP contribution in [0.25, 0.3) is 0 Å². The quantitative estimate of drug-likeness (QED) is 0.784. The van der Waals surface area contributed by atoms with E-state index in [4.69, 9.17) is 4.42 Å². The Morgan fingerprint density at radius 3 is 2.23 bits per heavy atom. The second-order valence-corrected chi connectivity index (χ2v) is 6.14. The average Bonchev–Trinajstić information content (AvgIpc) is 3.25. The van der Waals surface area contributed by atoms with Gasteiger partial charge in [0, 0.05) is 31.9 Å². The van der Waals surface area contributed by atoms with Gasteiger partial charge in [-0.05, 0) is 36.4 Å². The van der Waals surface area contributed by atoms with Gasteiger partial charge in [0.15, 0.2) is 5.76 Å². The molecule has 6 heteroatoms. The molecule has 26 heavy (non-hydrogen) atoms. The minimum absolute atomic E-state index is 0.271. The summed E-state index contributed by atoms with van der Waals surface area (Å²) in [6, 6.07) is 17.6. The molecule has 1 saturated heterocycles. The number of hydrogen-bond donors (Lipinski definition) is 1. The van der Waals surface area contributed by atoms with Crippen LogP contribution in [0.5, 0.6) is 0 Å². The van der Waals surface area contributed by atoms with Gasteiger partial charge in [-0.1, -0.05) is 18.2 Å². The fraction of sp³-hybridized carbons (Fsp3) is 0.200. The van der Waals surface area contributed by atoms with Gasteiger partial charge in [-0.3, -0.25) is 4.79 Å². The van der Waals surface area contributed by atoms with E-state index in [0.29, 0.717) is 5.82 Å². The smallest absolute Gasteiger partial charge is 0.292 e. The van der Waals surface area contributed by atoms with E-state index in [1.165, 1.54) is 12.0 Å². The van der Waals surface area contributed by atoms with Crippen LogP contribution in [0.2, 0.25) is 0 Å². The molecule has 0 spiro atoms. The second kappa shape index (κ2) is 7.31. The Kier molecular flexibility index (Phi) is 4.55. The number of para-hydroxylation sites is 1. The molecule has 1 amide bonds. The third kappa shape index (κ3) is 3.54. The molecule has 1 aliphatic rings. The van der Waals surface area contributed by atoms with Crippen molar-refractivity contribution >= 4 is 23.1 Å². The minimum atomic E-state index is -0.299. The lowest BCUT2D eigenvalue weighted by Crippen LogP contribution is -2.46. The summed E-state index contributed by atoms with van der Waals surface area (Å²) < 4.78 is 5.08. The maximum atomic E-state index is 12.0. The van der Waals surface area contributed by atoms with Crippen molar-refractivity contribution in [3.05, 3.63) is 72.8 Å². The van der Waals surface area contributed by atoms with Crippen molar-refractivity contribution in [3.8, 4) is 0 Å². The molecule has 3 heterocycles. The second-order valence-electron chi connectivity index (χ2n) is 6.14. The SMILES string of the molecule is O=C(Nc1ccc(N2CCN(c3ccccc3)CC2)cn1)c1ccco1. The largest absolute Gasteiger partial charge is 0.459 e. The topological polar surface area (TPSA) is 61.6 Å². The number of anilines is 3. The summed E-state index contributed by atoms with van der Waals surface area (Å²) in [6.45, 7) is 3.82. The Balaban J connectivity index is 1.35. The molecule has 132 valence electrons. The Morgan fingerprint density at radius 2 is 1.62 bits per heavy atom. The number of benzene rings is 1. The first-order chi connectivity index (χ1) is 12.8. The Hall–Kier alpha value is -3.28. The molecular formula is C20H20N4O2. The van der Waals surface area contributed by atoms with Crippen molar-refractivity contribution in [2.45, 2.75) is 0 Å². The van der Waals surface area contributed by atoms with Gasteiger partial charge in [-0.25, -0.2) is 4.98 Å². The molecule has 0 radical (unpaired) electrons. The average molecular weight is 348 g/mol. The summed E-state index contributed by atoms with van der Waals surface area (Å²) in [5, 5.41) is 2.73. The summed E-state index contributed by atoms with van der Waals surface area (Å²) in [7, 11) is 0. The number of furan rings is 1. The van der Waals surface area contributed by atoms with Crippen LogP contribution in [0.15, 0.2) is 71.5 Å². The van der Waals surface area contributed by atoms with Crippen molar-refractivity contribution in [1.82, 2.24) is 4.98 Å². The minimum Gasteiger partial charge on any atom is -0.459 e. The highest BCUT2D eigenvalue weighted by atomic mass is 16.3. The van der Waals surface area contributed by atoms with Gasteiger partial charge < -0.3 is 19.5 Å². The predicted octanol–water partition coefficient (Wildman–Crippen LogP) is 3.25. The van der Waals surface area contributed by atoms with Crippen LogP contribution in [0, 0.1) is 0 Å². The molecule has 2 aromatic heterocycles. The first kappa shape index (κ1) is 16.2. The molecule has 0 unspecified atom stereocenters. The molecule has 0 atom stereocenters. The van der Waals surface area contributed by atoms with Crippen LogP contribution in [0.3, 0.4) is 0 Å². The molecule has 1 fully saturated rings. The van der Waals surface area contributed by atoms with Crippen LogP contribution in [-0.4, -0.2) is 37.1 Å². The van der Waals surface area contributed by atoms with Gasteiger partial charge in [0.1, 0.15) is 5.82 Å². The molecule has 1 aromatic carbocycles. The molecule has 4 rings (SSSR count). The van der Waals surface area contributed by atoms with E-state index in [1.807, 2.05) is 18.2 Å². The Bertz CT molecular complexity index is 839. The number of rotatable bonds is 4.